The predicted octanol–water partition coefficient (Wildman–Crippen LogP) is 5.08. The van der Waals surface area contributed by atoms with E-state index in [1.54, 1.807) is 12.1 Å². The van der Waals surface area contributed by atoms with Crippen molar-refractivity contribution < 1.29 is 9.72 Å². The quantitative estimate of drug-likeness (QED) is 0.371. The molecule has 0 bridgehead atoms. The highest BCUT2D eigenvalue weighted by molar-refractivity contribution is 8.26. The molecule has 2 aliphatic heterocycles. The standard InChI is InChI=1S/C21H19ClN6O3S/c1-4-5-18-25-27-19(23)15(20(29)24-21(27)32-18)9-13-8-11(2)26(12(13)3)14-6-7-16(22)17(10-14)28(30)31/h6-10,23H,4-5H2,1-3H3. The molecule has 1 amide bonds. The van der Waals surface area contributed by atoms with Crippen molar-refractivity contribution in [1.29, 1.82) is 5.41 Å². The number of hydrogen-bond donors (Lipinski definition) is 1. The number of carbonyl (C=O) groups is 1. The summed E-state index contributed by atoms with van der Waals surface area (Å²) in [4.78, 5) is 27.5. The number of amides is 1. The van der Waals surface area contributed by atoms with Crippen LogP contribution in [0.4, 0.5) is 5.69 Å². The Hall–Kier alpha value is -3.24. The molecular formula is C21H19ClN6O3S. The van der Waals surface area contributed by atoms with Crippen LogP contribution in [0.2, 0.25) is 5.02 Å². The van der Waals surface area contributed by atoms with Crippen LogP contribution in [0.15, 0.2) is 39.9 Å². The predicted molar refractivity (Wildman–Crippen MR) is 127 cm³/mol. The van der Waals surface area contributed by atoms with Gasteiger partial charge in [-0.05, 0) is 68.3 Å². The first-order valence-corrected chi connectivity index (χ1v) is 11.0. The van der Waals surface area contributed by atoms with Gasteiger partial charge in [-0.15, -0.1) is 0 Å². The molecule has 0 radical (unpaired) electrons. The van der Waals surface area contributed by atoms with Crippen LogP contribution < -0.4 is 0 Å². The number of thioether (sulfide) groups is 1. The van der Waals surface area contributed by atoms with Gasteiger partial charge in [0.1, 0.15) is 10.1 Å². The average molecular weight is 471 g/mol. The number of halogens is 1. The van der Waals surface area contributed by atoms with E-state index in [-0.39, 0.29) is 22.1 Å². The molecule has 0 aliphatic carbocycles. The third kappa shape index (κ3) is 3.76. The molecule has 9 nitrogen and oxygen atoms in total. The Morgan fingerprint density at radius 3 is 2.75 bits per heavy atom. The summed E-state index contributed by atoms with van der Waals surface area (Å²) < 4.78 is 1.84. The van der Waals surface area contributed by atoms with Gasteiger partial charge in [0.15, 0.2) is 5.84 Å². The van der Waals surface area contributed by atoms with Gasteiger partial charge in [0.25, 0.3) is 11.6 Å². The van der Waals surface area contributed by atoms with Crippen molar-refractivity contribution in [3.05, 3.63) is 61.9 Å². The number of aryl methyl sites for hydroxylation is 1. The van der Waals surface area contributed by atoms with Gasteiger partial charge in [-0.25, -0.2) is 0 Å². The number of nitro benzene ring substituents is 1. The van der Waals surface area contributed by atoms with Crippen LogP contribution in [0, 0.1) is 29.4 Å². The number of aliphatic imine (C=N–C) groups is 1. The van der Waals surface area contributed by atoms with E-state index in [1.165, 1.54) is 28.9 Å². The van der Waals surface area contributed by atoms with Crippen LogP contribution in [0.25, 0.3) is 11.8 Å². The number of hydrazone groups is 1. The number of fused-ring (bicyclic) bond motifs is 1. The van der Waals surface area contributed by atoms with E-state index in [0.717, 1.165) is 29.3 Å². The number of amidine groups is 2. The first-order chi connectivity index (χ1) is 15.2. The van der Waals surface area contributed by atoms with E-state index in [4.69, 9.17) is 17.0 Å². The summed E-state index contributed by atoms with van der Waals surface area (Å²) in [6, 6.07) is 6.45. The molecule has 0 spiro atoms. The van der Waals surface area contributed by atoms with Crippen LogP contribution in [0.5, 0.6) is 0 Å². The Kier molecular flexibility index (Phi) is 5.74. The molecule has 0 atom stereocenters. The van der Waals surface area contributed by atoms with Crippen molar-refractivity contribution >= 4 is 57.1 Å². The van der Waals surface area contributed by atoms with Gasteiger partial charge < -0.3 is 4.57 Å². The lowest BCUT2D eigenvalue weighted by molar-refractivity contribution is -0.384. The Morgan fingerprint density at radius 2 is 2.06 bits per heavy atom. The number of hydrogen-bond acceptors (Lipinski definition) is 6. The fourth-order valence-corrected chi connectivity index (χ4v) is 4.79. The van der Waals surface area contributed by atoms with E-state index in [2.05, 4.69) is 10.1 Å². The SMILES string of the molecule is CCCC1=NN2C(=N)C(=Cc3cc(C)n(-c4ccc(Cl)c([N+](=O)[O-])c4)c3C)C(=O)N=C2S1. The van der Waals surface area contributed by atoms with Gasteiger partial charge >= 0.3 is 0 Å². The Balaban J connectivity index is 1.74. The first-order valence-electron chi connectivity index (χ1n) is 9.83. The maximum atomic E-state index is 12.7. The highest BCUT2D eigenvalue weighted by Crippen LogP contribution is 2.32. The van der Waals surface area contributed by atoms with E-state index < -0.39 is 10.8 Å². The molecule has 1 aromatic carbocycles. The molecule has 1 aromatic heterocycles. The second kappa shape index (κ2) is 8.36. The van der Waals surface area contributed by atoms with Crippen LogP contribution in [0.1, 0.15) is 36.7 Å². The molecule has 0 saturated carbocycles. The minimum atomic E-state index is -0.526. The minimum absolute atomic E-state index is 0.0227. The second-order valence-corrected chi connectivity index (χ2v) is 8.77. The number of nitrogens with zero attached hydrogens (tertiary/aromatic N) is 5. The van der Waals surface area contributed by atoms with Gasteiger partial charge in [-0.1, -0.05) is 18.5 Å². The van der Waals surface area contributed by atoms with Gasteiger partial charge in [0, 0.05) is 17.5 Å². The van der Waals surface area contributed by atoms with Crippen molar-refractivity contribution in [3.63, 3.8) is 0 Å². The summed E-state index contributed by atoms with van der Waals surface area (Å²) in [5, 5.41) is 26.9. The molecular weight excluding hydrogens is 452 g/mol. The lowest BCUT2D eigenvalue weighted by Crippen LogP contribution is -2.35. The lowest BCUT2D eigenvalue weighted by Gasteiger charge is -2.20. The normalized spacial score (nSPS) is 17.0. The molecule has 3 heterocycles. The molecule has 2 aliphatic rings. The number of benzene rings is 1. The molecule has 4 rings (SSSR count). The summed E-state index contributed by atoms with van der Waals surface area (Å²) in [5.74, 6) is -0.515. The lowest BCUT2D eigenvalue weighted by atomic mass is 10.1. The third-order valence-corrected chi connectivity index (χ3v) is 6.40. The van der Waals surface area contributed by atoms with E-state index in [1.807, 2.05) is 31.4 Å². The number of nitro groups is 1. The number of nitrogens with one attached hydrogen (secondary N) is 1. The summed E-state index contributed by atoms with van der Waals surface area (Å²) >= 11 is 7.26. The molecule has 0 saturated heterocycles. The summed E-state index contributed by atoms with van der Waals surface area (Å²) in [6.07, 6.45) is 3.28. The van der Waals surface area contributed by atoms with Crippen molar-refractivity contribution in [2.24, 2.45) is 10.1 Å². The molecule has 11 heteroatoms. The van der Waals surface area contributed by atoms with Gasteiger partial charge in [-0.3, -0.25) is 20.3 Å². The van der Waals surface area contributed by atoms with E-state index in [0.29, 0.717) is 16.4 Å². The Labute approximate surface area is 193 Å². The van der Waals surface area contributed by atoms with E-state index >= 15 is 0 Å². The molecule has 32 heavy (non-hydrogen) atoms. The Morgan fingerprint density at radius 1 is 1.31 bits per heavy atom. The number of rotatable bonds is 5. The van der Waals surface area contributed by atoms with Crippen molar-refractivity contribution in [2.45, 2.75) is 33.6 Å². The average Bonchev–Trinajstić information content (AvgIpc) is 3.26. The van der Waals surface area contributed by atoms with Gasteiger partial charge in [0.2, 0.25) is 5.17 Å². The summed E-state index contributed by atoms with van der Waals surface area (Å²) in [5.41, 5.74) is 2.80. The fraction of sp³-hybridized carbons (Fsp3) is 0.238. The number of carbonyl (C=O) groups excluding carboxylic acids is 1. The molecule has 164 valence electrons. The van der Waals surface area contributed by atoms with Crippen molar-refractivity contribution in [1.82, 2.24) is 9.58 Å². The molecule has 0 unspecified atom stereocenters. The summed E-state index contributed by atoms with van der Waals surface area (Å²) in [6.45, 7) is 5.74. The summed E-state index contributed by atoms with van der Waals surface area (Å²) in [7, 11) is 0. The highest BCUT2D eigenvalue weighted by Gasteiger charge is 2.35. The van der Waals surface area contributed by atoms with Crippen molar-refractivity contribution in [2.75, 3.05) is 0 Å². The largest absolute Gasteiger partial charge is 0.318 e. The number of aromatic nitrogens is 1. The fourth-order valence-electron chi connectivity index (χ4n) is 3.61. The minimum Gasteiger partial charge on any atom is -0.318 e. The topological polar surface area (TPSA) is 117 Å². The van der Waals surface area contributed by atoms with E-state index in [9.17, 15) is 14.9 Å². The van der Waals surface area contributed by atoms with Crippen molar-refractivity contribution in [3.8, 4) is 5.69 Å². The Bertz CT molecular complexity index is 1280. The molecule has 1 N–H and O–H groups in total. The molecule has 2 aromatic rings. The van der Waals surface area contributed by atoms with Crippen LogP contribution in [-0.2, 0) is 4.79 Å². The first kappa shape index (κ1) is 22.0. The van der Waals surface area contributed by atoms with Crippen LogP contribution >= 0.6 is 23.4 Å². The highest BCUT2D eigenvalue weighted by atomic mass is 35.5. The zero-order valence-corrected chi connectivity index (χ0v) is 19.1. The maximum absolute atomic E-state index is 12.7. The van der Waals surface area contributed by atoms with Crippen LogP contribution in [-0.4, -0.2) is 36.5 Å². The zero-order chi connectivity index (χ0) is 23.2. The van der Waals surface area contributed by atoms with Gasteiger partial charge in [0.05, 0.1) is 16.2 Å². The maximum Gasteiger partial charge on any atom is 0.289 e. The second-order valence-electron chi connectivity index (χ2n) is 7.32. The molecule has 0 fully saturated rings. The monoisotopic (exact) mass is 470 g/mol. The zero-order valence-electron chi connectivity index (χ0n) is 17.5. The van der Waals surface area contributed by atoms with Crippen LogP contribution in [0.3, 0.4) is 0 Å². The smallest absolute Gasteiger partial charge is 0.289 e. The van der Waals surface area contributed by atoms with Gasteiger partial charge in [-0.2, -0.15) is 15.1 Å². The third-order valence-electron chi connectivity index (χ3n) is 5.11.